The van der Waals surface area contributed by atoms with Crippen LogP contribution in [0.5, 0.6) is 0 Å². The number of allylic oxidation sites excluding steroid dienone is 1. The van der Waals surface area contributed by atoms with Crippen LogP contribution in [0.15, 0.2) is 11.6 Å². The van der Waals surface area contributed by atoms with Gasteiger partial charge in [0, 0.05) is 6.08 Å². The summed E-state index contributed by atoms with van der Waals surface area (Å²) in [5.74, 6) is -0.251. The average Bonchev–Trinajstić information content (AvgIpc) is 1.99. The third-order valence-corrected chi connectivity index (χ3v) is 1.43. The summed E-state index contributed by atoms with van der Waals surface area (Å²) in [4.78, 5) is 10.6. The second kappa shape index (κ2) is 5.03. The zero-order valence-corrected chi connectivity index (χ0v) is 6.81. The lowest BCUT2D eigenvalue weighted by molar-refractivity contribution is -0.134. The summed E-state index contributed by atoms with van der Waals surface area (Å²) in [6.45, 7) is 4.05. The number of rotatable bonds is 3. The molecule has 0 heterocycles. The van der Waals surface area contributed by atoms with Gasteiger partial charge in [-0.3, -0.25) is 0 Å². The maximum Gasteiger partial charge on any atom is 0.330 e. The molecule has 0 atom stereocenters. The summed E-state index contributed by atoms with van der Waals surface area (Å²) >= 11 is 0. The first kappa shape index (κ1) is 9.21. The zero-order valence-electron chi connectivity index (χ0n) is 6.81. The molecule has 0 radical (unpaired) electrons. The van der Waals surface area contributed by atoms with Gasteiger partial charge in [-0.15, -0.1) is 0 Å². The van der Waals surface area contributed by atoms with Crippen molar-refractivity contribution in [1.29, 1.82) is 0 Å². The predicted molar refractivity (Wildman–Crippen MR) is 40.7 cm³/mol. The van der Waals surface area contributed by atoms with Crippen molar-refractivity contribution in [3.63, 3.8) is 0 Å². The lowest BCUT2D eigenvalue weighted by Gasteiger charge is -1.97. The van der Waals surface area contributed by atoms with E-state index in [1.165, 1.54) is 7.11 Å². The van der Waals surface area contributed by atoms with Gasteiger partial charge in [0.25, 0.3) is 0 Å². The van der Waals surface area contributed by atoms with Crippen molar-refractivity contribution < 1.29 is 9.53 Å². The van der Waals surface area contributed by atoms with E-state index in [2.05, 4.69) is 4.74 Å². The number of carbonyl (C=O) groups excluding carboxylic acids is 1. The van der Waals surface area contributed by atoms with Gasteiger partial charge in [0.2, 0.25) is 0 Å². The summed E-state index contributed by atoms with van der Waals surface area (Å²) in [7, 11) is 1.39. The van der Waals surface area contributed by atoms with Crippen LogP contribution in [0.2, 0.25) is 0 Å². The van der Waals surface area contributed by atoms with Gasteiger partial charge in [0.05, 0.1) is 7.11 Å². The Bertz CT molecular complexity index is 130. The fourth-order valence-electron chi connectivity index (χ4n) is 0.680. The molecule has 2 heteroatoms. The fourth-order valence-corrected chi connectivity index (χ4v) is 0.680. The highest BCUT2D eigenvalue weighted by atomic mass is 16.5. The van der Waals surface area contributed by atoms with Crippen LogP contribution >= 0.6 is 0 Å². The highest BCUT2D eigenvalue weighted by Gasteiger charge is 1.95. The number of carbonyl (C=O) groups is 1. The van der Waals surface area contributed by atoms with E-state index in [1.54, 1.807) is 6.08 Å². The molecule has 0 spiro atoms. The van der Waals surface area contributed by atoms with Gasteiger partial charge in [-0.2, -0.15) is 0 Å². The third kappa shape index (κ3) is 3.28. The molecule has 0 aromatic rings. The molecule has 0 N–H and O–H groups in total. The Labute approximate surface area is 61.9 Å². The van der Waals surface area contributed by atoms with Crippen molar-refractivity contribution in [3.8, 4) is 0 Å². The first-order chi connectivity index (χ1) is 4.74. The van der Waals surface area contributed by atoms with Crippen molar-refractivity contribution in [2.45, 2.75) is 26.7 Å². The summed E-state index contributed by atoms with van der Waals surface area (Å²) in [5, 5.41) is 0. The summed E-state index contributed by atoms with van der Waals surface area (Å²) in [6, 6.07) is 0. The quantitative estimate of drug-likeness (QED) is 0.444. The minimum Gasteiger partial charge on any atom is -0.466 e. The molecule has 0 aromatic carbocycles. The molecule has 0 aliphatic carbocycles. The van der Waals surface area contributed by atoms with Crippen molar-refractivity contribution in [2.24, 2.45) is 0 Å². The molecular formula is C8H14O2. The Morgan fingerprint density at radius 2 is 1.90 bits per heavy atom. The van der Waals surface area contributed by atoms with Crippen molar-refractivity contribution in [2.75, 3.05) is 7.11 Å². The minimum atomic E-state index is -0.251. The zero-order chi connectivity index (χ0) is 7.98. The molecule has 0 aromatic heterocycles. The number of ether oxygens (including phenoxy) is 1. The lowest BCUT2D eigenvalue weighted by Crippen LogP contribution is -1.96. The smallest absolute Gasteiger partial charge is 0.330 e. The topological polar surface area (TPSA) is 26.3 Å². The van der Waals surface area contributed by atoms with Crippen molar-refractivity contribution in [1.82, 2.24) is 0 Å². The van der Waals surface area contributed by atoms with E-state index < -0.39 is 0 Å². The Morgan fingerprint density at radius 3 is 2.20 bits per heavy atom. The second-order valence-electron chi connectivity index (χ2n) is 2.03. The predicted octanol–water partition coefficient (Wildman–Crippen LogP) is 1.91. The Balaban J connectivity index is 3.96. The van der Waals surface area contributed by atoms with Crippen LogP contribution in [0, 0.1) is 0 Å². The molecule has 58 valence electrons. The molecule has 0 amide bonds. The van der Waals surface area contributed by atoms with E-state index in [4.69, 9.17) is 0 Å². The first-order valence-electron chi connectivity index (χ1n) is 3.52. The van der Waals surface area contributed by atoms with Crippen LogP contribution in [0.4, 0.5) is 0 Å². The molecular weight excluding hydrogens is 128 g/mol. The van der Waals surface area contributed by atoms with Gasteiger partial charge in [-0.05, 0) is 12.8 Å². The molecule has 0 fully saturated rings. The van der Waals surface area contributed by atoms with Gasteiger partial charge in [0.15, 0.2) is 0 Å². The molecule has 0 unspecified atom stereocenters. The van der Waals surface area contributed by atoms with Gasteiger partial charge in [0.1, 0.15) is 0 Å². The van der Waals surface area contributed by atoms with Crippen LogP contribution < -0.4 is 0 Å². The molecule has 2 nitrogen and oxygen atoms in total. The maximum absolute atomic E-state index is 10.6. The van der Waals surface area contributed by atoms with Crippen molar-refractivity contribution in [3.05, 3.63) is 11.6 Å². The standard InChI is InChI=1S/C8H14O2/c1-4-7(5-2)6-8(9)10-3/h6H,4-5H2,1-3H3. The van der Waals surface area contributed by atoms with E-state index in [0.29, 0.717) is 0 Å². The average molecular weight is 142 g/mol. The van der Waals surface area contributed by atoms with Crippen LogP contribution in [0.3, 0.4) is 0 Å². The summed E-state index contributed by atoms with van der Waals surface area (Å²) < 4.78 is 4.47. The molecule has 0 saturated carbocycles. The SMILES string of the molecule is CCC(=CC(=O)OC)CC. The van der Waals surface area contributed by atoms with Crippen LogP contribution in [-0.2, 0) is 9.53 Å². The molecule has 0 aliphatic rings. The Hall–Kier alpha value is -0.790. The number of hydrogen-bond acceptors (Lipinski definition) is 2. The van der Waals surface area contributed by atoms with Gasteiger partial charge in [-0.25, -0.2) is 4.79 Å². The van der Waals surface area contributed by atoms with Crippen LogP contribution in [0.1, 0.15) is 26.7 Å². The minimum absolute atomic E-state index is 0.251. The summed E-state index contributed by atoms with van der Waals surface area (Å²) in [6.07, 6.45) is 3.40. The Kier molecular flexibility index (Phi) is 4.63. The highest BCUT2D eigenvalue weighted by Crippen LogP contribution is 2.04. The Morgan fingerprint density at radius 1 is 1.40 bits per heavy atom. The van der Waals surface area contributed by atoms with Crippen molar-refractivity contribution >= 4 is 5.97 Å². The fraction of sp³-hybridized carbons (Fsp3) is 0.625. The van der Waals surface area contributed by atoms with E-state index in [1.807, 2.05) is 13.8 Å². The molecule has 0 rings (SSSR count). The molecule has 10 heavy (non-hydrogen) atoms. The van der Waals surface area contributed by atoms with Gasteiger partial charge >= 0.3 is 5.97 Å². The molecule has 0 saturated heterocycles. The number of esters is 1. The molecule has 0 aliphatic heterocycles. The van der Waals surface area contributed by atoms with E-state index in [-0.39, 0.29) is 5.97 Å². The third-order valence-electron chi connectivity index (χ3n) is 1.43. The monoisotopic (exact) mass is 142 g/mol. The van der Waals surface area contributed by atoms with Crippen LogP contribution in [0.25, 0.3) is 0 Å². The summed E-state index contributed by atoms with van der Waals surface area (Å²) in [5.41, 5.74) is 1.13. The second-order valence-corrected chi connectivity index (χ2v) is 2.03. The first-order valence-corrected chi connectivity index (χ1v) is 3.52. The van der Waals surface area contributed by atoms with Crippen LogP contribution in [-0.4, -0.2) is 13.1 Å². The normalized spacial score (nSPS) is 8.70. The maximum atomic E-state index is 10.6. The largest absolute Gasteiger partial charge is 0.466 e. The van der Waals surface area contributed by atoms with E-state index in [0.717, 1.165) is 18.4 Å². The lowest BCUT2D eigenvalue weighted by atomic mass is 10.1. The molecule has 0 bridgehead atoms. The van der Waals surface area contributed by atoms with Gasteiger partial charge in [-0.1, -0.05) is 19.4 Å². The van der Waals surface area contributed by atoms with Gasteiger partial charge < -0.3 is 4.74 Å². The highest BCUT2D eigenvalue weighted by molar-refractivity contribution is 5.82. The van der Waals surface area contributed by atoms with E-state index in [9.17, 15) is 4.79 Å². The number of methoxy groups -OCH3 is 1. The number of hydrogen-bond donors (Lipinski definition) is 0. The van der Waals surface area contributed by atoms with E-state index >= 15 is 0 Å².